The minimum Gasteiger partial charge on any atom is -0.379 e. The van der Waals surface area contributed by atoms with Gasteiger partial charge in [-0.15, -0.1) is 0 Å². The fourth-order valence-electron chi connectivity index (χ4n) is 2.73. The van der Waals surface area contributed by atoms with Gasteiger partial charge in [-0.05, 0) is 46.2 Å². The third kappa shape index (κ3) is 6.72. The summed E-state index contributed by atoms with van der Waals surface area (Å²) in [6.45, 7) is 11.9. The minimum absolute atomic E-state index is 0.364. The Morgan fingerprint density at radius 3 is 2.56 bits per heavy atom. The van der Waals surface area contributed by atoms with Crippen molar-refractivity contribution in [2.24, 2.45) is 0 Å². The first-order valence-electron chi connectivity index (χ1n) is 7.80. The van der Waals surface area contributed by atoms with Crippen molar-refractivity contribution in [3.8, 4) is 0 Å². The maximum absolute atomic E-state index is 5.52. The molecule has 1 aliphatic rings. The molecule has 0 radical (unpaired) electrons. The van der Waals surface area contributed by atoms with Crippen molar-refractivity contribution in [2.45, 2.75) is 65.0 Å². The standard InChI is InChI=1S/C15H32N2O/c1-4-17(15-8-5-6-9-15)12-11-16-10-7-13-18-14(2)3/h14-16H,4-13H2,1-3H3. The van der Waals surface area contributed by atoms with Gasteiger partial charge in [0.05, 0.1) is 6.10 Å². The molecule has 1 rings (SSSR count). The van der Waals surface area contributed by atoms with Gasteiger partial charge >= 0.3 is 0 Å². The third-order valence-corrected chi connectivity index (χ3v) is 3.77. The van der Waals surface area contributed by atoms with Crippen LogP contribution in [-0.2, 0) is 4.74 Å². The van der Waals surface area contributed by atoms with Gasteiger partial charge in [-0.3, -0.25) is 4.90 Å². The predicted octanol–water partition coefficient (Wildman–Crippen LogP) is 2.66. The van der Waals surface area contributed by atoms with Crippen LogP contribution in [0.25, 0.3) is 0 Å². The molecular formula is C15H32N2O. The molecule has 108 valence electrons. The second-order valence-electron chi connectivity index (χ2n) is 5.59. The Morgan fingerprint density at radius 2 is 1.94 bits per heavy atom. The van der Waals surface area contributed by atoms with Crippen LogP contribution in [0, 0.1) is 0 Å². The Hall–Kier alpha value is -0.120. The molecule has 0 saturated heterocycles. The summed E-state index contributed by atoms with van der Waals surface area (Å²) in [7, 11) is 0. The number of hydrogen-bond acceptors (Lipinski definition) is 3. The second kappa shape index (κ2) is 9.76. The first-order valence-corrected chi connectivity index (χ1v) is 7.80. The summed E-state index contributed by atoms with van der Waals surface area (Å²) >= 11 is 0. The fraction of sp³-hybridized carbons (Fsp3) is 1.00. The average Bonchev–Trinajstić information content (AvgIpc) is 2.86. The minimum atomic E-state index is 0.364. The monoisotopic (exact) mass is 256 g/mol. The van der Waals surface area contributed by atoms with Gasteiger partial charge in [-0.25, -0.2) is 0 Å². The quantitative estimate of drug-likeness (QED) is 0.608. The van der Waals surface area contributed by atoms with Gasteiger partial charge in [0.15, 0.2) is 0 Å². The van der Waals surface area contributed by atoms with Crippen LogP contribution in [-0.4, -0.2) is 49.8 Å². The number of nitrogens with zero attached hydrogens (tertiary/aromatic N) is 1. The predicted molar refractivity (Wildman–Crippen MR) is 78.1 cm³/mol. The van der Waals surface area contributed by atoms with E-state index in [1.54, 1.807) is 0 Å². The van der Waals surface area contributed by atoms with Gasteiger partial charge in [-0.2, -0.15) is 0 Å². The zero-order valence-electron chi connectivity index (χ0n) is 12.6. The molecule has 1 N–H and O–H groups in total. The summed E-state index contributed by atoms with van der Waals surface area (Å²) in [6, 6.07) is 0.862. The molecule has 0 amide bonds. The van der Waals surface area contributed by atoms with E-state index in [0.29, 0.717) is 6.10 Å². The van der Waals surface area contributed by atoms with Crippen LogP contribution in [0.3, 0.4) is 0 Å². The Kier molecular flexibility index (Phi) is 8.64. The molecule has 0 atom stereocenters. The highest BCUT2D eigenvalue weighted by Gasteiger charge is 2.20. The van der Waals surface area contributed by atoms with Gasteiger partial charge < -0.3 is 10.1 Å². The van der Waals surface area contributed by atoms with E-state index in [-0.39, 0.29) is 0 Å². The molecule has 0 heterocycles. The number of rotatable bonds is 10. The second-order valence-corrected chi connectivity index (χ2v) is 5.59. The fourth-order valence-corrected chi connectivity index (χ4v) is 2.73. The highest BCUT2D eigenvalue weighted by Crippen LogP contribution is 2.22. The third-order valence-electron chi connectivity index (χ3n) is 3.77. The Balaban J connectivity index is 1.95. The van der Waals surface area contributed by atoms with Gasteiger partial charge in [0.2, 0.25) is 0 Å². The zero-order chi connectivity index (χ0) is 13.2. The SMILES string of the molecule is CCN(CCNCCCOC(C)C)C1CCCC1. The van der Waals surface area contributed by atoms with Crippen LogP contribution >= 0.6 is 0 Å². The smallest absolute Gasteiger partial charge is 0.0518 e. The van der Waals surface area contributed by atoms with Gasteiger partial charge in [-0.1, -0.05) is 19.8 Å². The lowest BCUT2D eigenvalue weighted by atomic mass is 10.2. The van der Waals surface area contributed by atoms with E-state index in [0.717, 1.165) is 32.2 Å². The lowest BCUT2D eigenvalue weighted by Crippen LogP contribution is -2.38. The Morgan fingerprint density at radius 1 is 1.22 bits per heavy atom. The first kappa shape index (κ1) is 15.9. The summed E-state index contributed by atoms with van der Waals surface area (Å²) < 4.78 is 5.52. The van der Waals surface area contributed by atoms with E-state index in [9.17, 15) is 0 Å². The van der Waals surface area contributed by atoms with E-state index in [4.69, 9.17) is 4.74 Å². The van der Waals surface area contributed by atoms with Crippen LogP contribution in [0.5, 0.6) is 0 Å². The number of ether oxygens (including phenoxy) is 1. The number of likely N-dealkylation sites (N-methyl/N-ethyl adjacent to an activating group) is 1. The van der Waals surface area contributed by atoms with E-state index in [2.05, 4.69) is 31.0 Å². The molecule has 0 aromatic heterocycles. The van der Waals surface area contributed by atoms with Crippen molar-refractivity contribution >= 4 is 0 Å². The average molecular weight is 256 g/mol. The number of nitrogens with one attached hydrogen (secondary N) is 1. The summed E-state index contributed by atoms with van der Waals surface area (Å²) in [4.78, 5) is 2.64. The topological polar surface area (TPSA) is 24.5 Å². The van der Waals surface area contributed by atoms with E-state index in [1.165, 1.54) is 38.8 Å². The molecule has 1 aliphatic carbocycles. The summed E-state index contributed by atoms with van der Waals surface area (Å²) in [5.41, 5.74) is 0. The molecule has 1 fully saturated rings. The molecule has 0 spiro atoms. The maximum atomic E-state index is 5.52. The van der Waals surface area contributed by atoms with Crippen molar-refractivity contribution < 1.29 is 4.74 Å². The summed E-state index contributed by atoms with van der Waals surface area (Å²) in [6.07, 6.45) is 7.17. The van der Waals surface area contributed by atoms with Crippen LogP contribution < -0.4 is 5.32 Å². The maximum Gasteiger partial charge on any atom is 0.0518 e. The van der Waals surface area contributed by atoms with Gasteiger partial charge in [0.25, 0.3) is 0 Å². The van der Waals surface area contributed by atoms with Crippen LogP contribution in [0.1, 0.15) is 52.9 Å². The molecule has 0 bridgehead atoms. The van der Waals surface area contributed by atoms with Crippen LogP contribution in [0.2, 0.25) is 0 Å². The molecule has 0 aliphatic heterocycles. The van der Waals surface area contributed by atoms with Crippen molar-refractivity contribution in [2.75, 3.05) is 32.8 Å². The molecular weight excluding hydrogens is 224 g/mol. The van der Waals surface area contributed by atoms with Gasteiger partial charge in [0, 0.05) is 25.7 Å². The van der Waals surface area contributed by atoms with Gasteiger partial charge in [0.1, 0.15) is 0 Å². The normalized spacial score (nSPS) is 17.2. The Labute approximate surface area is 113 Å². The van der Waals surface area contributed by atoms with E-state index in [1.807, 2.05) is 0 Å². The highest BCUT2D eigenvalue weighted by atomic mass is 16.5. The lowest BCUT2D eigenvalue weighted by molar-refractivity contribution is 0.0769. The Bertz CT molecular complexity index is 191. The molecule has 0 aromatic rings. The zero-order valence-corrected chi connectivity index (χ0v) is 12.6. The van der Waals surface area contributed by atoms with Crippen molar-refractivity contribution in [1.82, 2.24) is 10.2 Å². The molecule has 0 aromatic carbocycles. The lowest BCUT2D eigenvalue weighted by Gasteiger charge is -2.27. The van der Waals surface area contributed by atoms with E-state index < -0.39 is 0 Å². The van der Waals surface area contributed by atoms with Crippen molar-refractivity contribution in [3.63, 3.8) is 0 Å². The van der Waals surface area contributed by atoms with Crippen molar-refractivity contribution in [1.29, 1.82) is 0 Å². The summed E-state index contributed by atoms with van der Waals surface area (Å²) in [5.74, 6) is 0. The molecule has 0 unspecified atom stereocenters. The largest absolute Gasteiger partial charge is 0.379 e. The van der Waals surface area contributed by atoms with Crippen molar-refractivity contribution in [3.05, 3.63) is 0 Å². The van der Waals surface area contributed by atoms with Crippen LogP contribution in [0.15, 0.2) is 0 Å². The molecule has 18 heavy (non-hydrogen) atoms. The van der Waals surface area contributed by atoms with E-state index >= 15 is 0 Å². The highest BCUT2D eigenvalue weighted by molar-refractivity contribution is 4.77. The molecule has 3 heteroatoms. The number of hydrogen-bond donors (Lipinski definition) is 1. The molecule has 1 saturated carbocycles. The summed E-state index contributed by atoms with van der Waals surface area (Å²) in [5, 5.41) is 3.53. The first-order chi connectivity index (χ1) is 8.74. The van der Waals surface area contributed by atoms with Crippen LogP contribution in [0.4, 0.5) is 0 Å². The molecule has 3 nitrogen and oxygen atoms in total.